The van der Waals surface area contributed by atoms with Crippen LogP contribution < -0.4 is 5.73 Å². The zero-order valence-corrected chi connectivity index (χ0v) is 9.47. The van der Waals surface area contributed by atoms with Gasteiger partial charge < -0.3 is 14.9 Å². The molecule has 0 bridgehead atoms. The summed E-state index contributed by atoms with van der Waals surface area (Å²) in [5.74, 6) is 0.0871. The lowest BCUT2D eigenvalue weighted by Gasteiger charge is -1.98. The van der Waals surface area contributed by atoms with Crippen molar-refractivity contribution in [2.24, 2.45) is 0 Å². The quantitative estimate of drug-likeness (QED) is 0.825. The molecule has 0 amide bonds. The molecule has 0 saturated heterocycles. The Morgan fingerprint density at radius 2 is 2.06 bits per heavy atom. The normalized spacial score (nSPS) is 10.2. The Morgan fingerprint density at radius 3 is 2.71 bits per heavy atom. The second-order valence-corrected chi connectivity index (χ2v) is 3.48. The van der Waals surface area contributed by atoms with E-state index in [1.54, 1.807) is 13.0 Å². The molecule has 0 fully saturated rings. The molecule has 0 aliphatic heterocycles. The summed E-state index contributed by atoms with van der Waals surface area (Å²) in [4.78, 5) is 11.5. The monoisotopic (exact) mass is 231 g/mol. The number of anilines is 1. The summed E-state index contributed by atoms with van der Waals surface area (Å²) in [6, 6.07) is 11.1. The van der Waals surface area contributed by atoms with Gasteiger partial charge in [0.25, 0.3) is 0 Å². The first kappa shape index (κ1) is 11.3. The van der Waals surface area contributed by atoms with Crippen molar-refractivity contribution in [2.45, 2.75) is 6.92 Å². The van der Waals surface area contributed by atoms with Crippen LogP contribution in [0.3, 0.4) is 0 Å². The van der Waals surface area contributed by atoms with Crippen molar-refractivity contribution < 1.29 is 13.9 Å². The molecule has 0 aliphatic rings. The lowest BCUT2D eigenvalue weighted by molar-refractivity contribution is 0.0493. The molecule has 0 spiro atoms. The van der Waals surface area contributed by atoms with E-state index in [2.05, 4.69) is 0 Å². The lowest BCUT2D eigenvalue weighted by atomic mass is 10.2. The molecule has 0 saturated carbocycles. The van der Waals surface area contributed by atoms with Crippen LogP contribution in [-0.2, 0) is 4.74 Å². The molecule has 0 atom stereocenters. The van der Waals surface area contributed by atoms with E-state index in [-0.39, 0.29) is 5.76 Å². The van der Waals surface area contributed by atoms with Crippen LogP contribution in [0, 0.1) is 0 Å². The second-order valence-electron chi connectivity index (χ2n) is 3.48. The van der Waals surface area contributed by atoms with Crippen LogP contribution in [-0.4, -0.2) is 12.6 Å². The van der Waals surface area contributed by atoms with E-state index in [9.17, 15) is 4.79 Å². The van der Waals surface area contributed by atoms with E-state index in [1.165, 1.54) is 0 Å². The van der Waals surface area contributed by atoms with Crippen LogP contribution in [0.25, 0.3) is 11.3 Å². The molecule has 1 aromatic carbocycles. The predicted molar refractivity (Wildman–Crippen MR) is 64.5 cm³/mol. The Balaban J connectivity index is 2.34. The van der Waals surface area contributed by atoms with Crippen molar-refractivity contribution in [3.05, 3.63) is 42.2 Å². The van der Waals surface area contributed by atoms with Crippen LogP contribution in [0.4, 0.5) is 5.69 Å². The van der Waals surface area contributed by atoms with E-state index in [0.29, 0.717) is 18.1 Å². The molecular weight excluding hydrogens is 218 g/mol. The average molecular weight is 231 g/mol. The van der Waals surface area contributed by atoms with Crippen molar-refractivity contribution in [1.82, 2.24) is 0 Å². The minimum absolute atomic E-state index is 0.0608. The Morgan fingerprint density at radius 1 is 1.35 bits per heavy atom. The molecule has 1 heterocycles. The molecule has 2 rings (SSSR count). The molecule has 0 unspecified atom stereocenters. The smallest absolute Gasteiger partial charge is 0.376 e. The number of rotatable bonds is 3. The van der Waals surface area contributed by atoms with Gasteiger partial charge in [-0.25, -0.2) is 4.79 Å². The highest BCUT2D eigenvalue weighted by molar-refractivity contribution is 5.93. The van der Waals surface area contributed by atoms with Crippen molar-refractivity contribution in [3.63, 3.8) is 0 Å². The SMILES string of the molecule is CCOC(=O)c1oc(-c2ccccc2)cc1N. The number of nitrogen functional groups attached to an aromatic ring is 1. The third-order valence-corrected chi connectivity index (χ3v) is 2.28. The van der Waals surface area contributed by atoms with E-state index < -0.39 is 5.97 Å². The van der Waals surface area contributed by atoms with Gasteiger partial charge in [0.1, 0.15) is 5.76 Å². The van der Waals surface area contributed by atoms with E-state index in [0.717, 1.165) is 5.56 Å². The number of hydrogen-bond acceptors (Lipinski definition) is 4. The zero-order chi connectivity index (χ0) is 12.3. The molecule has 4 nitrogen and oxygen atoms in total. The first-order chi connectivity index (χ1) is 8.22. The van der Waals surface area contributed by atoms with Crippen molar-refractivity contribution in [3.8, 4) is 11.3 Å². The number of esters is 1. The summed E-state index contributed by atoms with van der Waals surface area (Å²) in [7, 11) is 0. The molecule has 2 aromatic rings. The maximum absolute atomic E-state index is 11.5. The van der Waals surface area contributed by atoms with Crippen LogP contribution in [0.15, 0.2) is 40.8 Å². The summed E-state index contributed by atoms with van der Waals surface area (Å²) in [5, 5.41) is 0. The van der Waals surface area contributed by atoms with Gasteiger partial charge in [-0.05, 0) is 6.92 Å². The molecule has 88 valence electrons. The Labute approximate surface area is 99.0 Å². The third-order valence-electron chi connectivity index (χ3n) is 2.28. The van der Waals surface area contributed by atoms with Gasteiger partial charge in [-0.15, -0.1) is 0 Å². The summed E-state index contributed by atoms with van der Waals surface area (Å²) in [5.41, 5.74) is 6.88. The third kappa shape index (κ3) is 2.30. The molecule has 2 N–H and O–H groups in total. The molecule has 0 radical (unpaired) electrons. The fourth-order valence-corrected chi connectivity index (χ4v) is 1.51. The van der Waals surface area contributed by atoms with Gasteiger partial charge in [-0.2, -0.15) is 0 Å². The fraction of sp³-hybridized carbons (Fsp3) is 0.154. The van der Waals surface area contributed by atoms with Crippen molar-refractivity contribution in [2.75, 3.05) is 12.3 Å². The Bertz CT molecular complexity index is 517. The summed E-state index contributed by atoms with van der Waals surface area (Å²) in [6.45, 7) is 2.02. The second kappa shape index (κ2) is 4.74. The number of nitrogens with two attached hydrogens (primary N) is 1. The van der Waals surface area contributed by atoms with Crippen LogP contribution in [0.2, 0.25) is 0 Å². The summed E-state index contributed by atoms with van der Waals surface area (Å²) < 4.78 is 10.3. The Hall–Kier alpha value is -2.23. The number of ether oxygens (including phenoxy) is 1. The molecular formula is C13H13NO3. The van der Waals surface area contributed by atoms with Crippen LogP contribution in [0.1, 0.15) is 17.5 Å². The lowest BCUT2D eigenvalue weighted by Crippen LogP contribution is -2.05. The standard InChI is InChI=1S/C13H13NO3/c1-2-16-13(15)12-10(14)8-11(17-12)9-6-4-3-5-7-9/h3-8H,2,14H2,1H3. The van der Waals surface area contributed by atoms with E-state index in [1.807, 2.05) is 30.3 Å². The maximum Gasteiger partial charge on any atom is 0.376 e. The van der Waals surface area contributed by atoms with Gasteiger partial charge in [0.05, 0.1) is 12.3 Å². The van der Waals surface area contributed by atoms with Gasteiger partial charge in [0.15, 0.2) is 0 Å². The predicted octanol–water partition coefficient (Wildman–Crippen LogP) is 2.71. The molecule has 4 heteroatoms. The Kier molecular flexibility index (Phi) is 3.14. The van der Waals surface area contributed by atoms with Crippen LogP contribution >= 0.6 is 0 Å². The van der Waals surface area contributed by atoms with Crippen molar-refractivity contribution >= 4 is 11.7 Å². The first-order valence-electron chi connectivity index (χ1n) is 5.34. The molecule has 1 aromatic heterocycles. The molecule has 17 heavy (non-hydrogen) atoms. The minimum Gasteiger partial charge on any atom is -0.460 e. The number of carbonyl (C=O) groups excluding carboxylic acids is 1. The average Bonchev–Trinajstić information content (AvgIpc) is 2.73. The van der Waals surface area contributed by atoms with Gasteiger partial charge in [-0.3, -0.25) is 0 Å². The van der Waals surface area contributed by atoms with E-state index >= 15 is 0 Å². The number of benzene rings is 1. The van der Waals surface area contributed by atoms with Gasteiger partial charge in [-0.1, -0.05) is 30.3 Å². The van der Waals surface area contributed by atoms with Gasteiger partial charge in [0.2, 0.25) is 5.76 Å². The van der Waals surface area contributed by atoms with Gasteiger partial charge >= 0.3 is 5.97 Å². The minimum atomic E-state index is -0.535. The molecule has 0 aliphatic carbocycles. The maximum atomic E-state index is 11.5. The highest BCUT2D eigenvalue weighted by Gasteiger charge is 2.18. The summed E-state index contributed by atoms with van der Waals surface area (Å²) >= 11 is 0. The first-order valence-corrected chi connectivity index (χ1v) is 5.34. The van der Waals surface area contributed by atoms with E-state index in [4.69, 9.17) is 14.9 Å². The topological polar surface area (TPSA) is 65.5 Å². The highest BCUT2D eigenvalue weighted by Crippen LogP contribution is 2.27. The fourth-order valence-electron chi connectivity index (χ4n) is 1.51. The highest BCUT2D eigenvalue weighted by atomic mass is 16.5. The van der Waals surface area contributed by atoms with Crippen molar-refractivity contribution in [1.29, 1.82) is 0 Å². The summed E-state index contributed by atoms with van der Waals surface area (Å²) in [6.07, 6.45) is 0. The number of furan rings is 1. The zero-order valence-electron chi connectivity index (χ0n) is 9.47. The van der Waals surface area contributed by atoms with Gasteiger partial charge in [0, 0.05) is 11.6 Å². The number of carbonyl (C=O) groups is 1. The number of hydrogen-bond donors (Lipinski definition) is 1. The largest absolute Gasteiger partial charge is 0.460 e. The van der Waals surface area contributed by atoms with Crippen LogP contribution in [0.5, 0.6) is 0 Å².